The quantitative estimate of drug-likeness (QED) is 0.0470. The Morgan fingerprint density at radius 3 is 0.700 bits per heavy atom. The molecule has 0 aliphatic heterocycles. The van der Waals surface area contributed by atoms with Crippen molar-refractivity contribution in [2.45, 2.75) is 272 Å². The van der Waals surface area contributed by atoms with Crippen LogP contribution < -0.4 is 0 Å². The maximum atomic E-state index is 11.7. The Labute approximate surface area is 315 Å². The van der Waals surface area contributed by atoms with Crippen molar-refractivity contribution in [1.29, 1.82) is 0 Å². The van der Waals surface area contributed by atoms with E-state index in [9.17, 15) is 9.59 Å². The van der Waals surface area contributed by atoms with Gasteiger partial charge in [0.2, 0.25) is 0 Å². The first kappa shape index (κ1) is 51.0. The molecule has 0 bridgehead atoms. The van der Waals surface area contributed by atoms with Crippen LogP contribution in [0, 0.1) is 0 Å². The summed E-state index contributed by atoms with van der Waals surface area (Å²) in [7, 11) is 0. The van der Waals surface area contributed by atoms with E-state index in [2.05, 4.69) is 27.7 Å². The Balaban J connectivity index is 0. The molecule has 300 valence electrons. The molecule has 0 aliphatic carbocycles. The first-order valence-corrected chi connectivity index (χ1v) is 22.9. The van der Waals surface area contributed by atoms with Crippen LogP contribution >= 0.6 is 0 Å². The minimum absolute atomic E-state index is 0.00188. The van der Waals surface area contributed by atoms with Crippen LogP contribution in [0.1, 0.15) is 272 Å². The fourth-order valence-corrected chi connectivity index (χ4v) is 6.50. The molecule has 0 atom stereocenters. The van der Waals surface area contributed by atoms with E-state index in [0.29, 0.717) is 26.1 Å². The number of ether oxygens (including phenoxy) is 2. The molecule has 4 heteroatoms. The molecule has 0 saturated carbocycles. The molecule has 0 radical (unpaired) electrons. The zero-order chi connectivity index (χ0) is 36.9. The van der Waals surface area contributed by atoms with E-state index in [1.807, 2.05) is 0 Å². The van der Waals surface area contributed by atoms with Crippen LogP contribution in [0.25, 0.3) is 0 Å². The third kappa shape index (κ3) is 49.1. The van der Waals surface area contributed by atoms with Gasteiger partial charge in [-0.25, -0.2) is 0 Å². The van der Waals surface area contributed by atoms with Gasteiger partial charge in [-0.2, -0.15) is 0 Å². The largest absolute Gasteiger partial charge is 0.466 e. The zero-order valence-corrected chi connectivity index (χ0v) is 34.9. The van der Waals surface area contributed by atoms with E-state index in [1.165, 1.54) is 199 Å². The van der Waals surface area contributed by atoms with Crippen molar-refractivity contribution in [1.82, 2.24) is 0 Å². The van der Waals surface area contributed by atoms with Crippen LogP contribution in [0.15, 0.2) is 0 Å². The second kappa shape index (κ2) is 47.9. The number of unbranched alkanes of at least 4 members (excludes halogenated alkanes) is 32. The van der Waals surface area contributed by atoms with Crippen LogP contribution in [0.4, 0.5) is 0 Å². The van der Waals surface area contributed by atoms with E-state index in [1.54, 1.807) is 0 Å². The van der Waals surface area contributed by atoms with Gasteiger partial charge in [-0.05, 0) is 25.7 Å². The summed E-state index contributed by atoms with van der Waals surface area (Å²) in [5.74, 6) is 0.0221. The van der Waals surface area contributed by atoms with Gasteiger partial charge in [-0.15, -0.1) is 0 Å². The third-order valence-corrected chi connectivity index (χ3v) is 9.99. The van der Waals surface area contributed by atoms with E-state index in [-0.39, 0.29) is 11.9 Å². The highest BCUT2D eigenvalue weighted by Gasteiger charge is 2.04. The van der Waals surface area contributed by atoms with Crippen molar-refractivity contribution < 1.29 is 19.1 Å². The van der Waals surface area contributed by atoms with Gasteiger partial charge in [0, 0.05) is 12.8 Å². The normalized spacial score (nSPS) is 11.0. The molecule has 0 amide bonds. The Morgan fingerprint density at radius 2 is 0.440 bits per heavy atom. The average molecular weight is 709 g/mol. The lowest BCUT2D eigenvalue weighted by atomic mass is 10.0. The number of hydrogen-bond acceptors (Lipinski definition) is 4. The number of rotatable bonds is 40. The van der Waals surface area contributed by atoms with Gasteiger partial charge in [0.25, 0.3) is 0 Å². The summed E-state index contributed by atoms with van der Waals surface area (Å²) in [5, 5.41) is 0. The molecule has 0 aromatic heterocycles. The molecule has 0 unspecified atom stereocenters. The summed E-state index contributed by atoms with van der Waals surface area (Å²) in [6.07, 6.45) is 48.3. The highest BCUT2D eigenvalue weighted by atomic mass is 16.5. The van der Waals surface area contributed by atoms with E-state index in [0.717, 1.165) is 32.1 Å². The van der Waals surface area contributed by atoms with E-state index in [4.69, 9.17) is 9.47 Å². The second-order valence-corrected chi connectivity index (χ2v) is 15.3. The smallest absolute Gasteiger partial charge is 0.305 e. The molecule has 4 nitrogen and oxygen atoms in total. The average Bonchev–Trinajstić information content (AvgIpc) is 3.12. The summed E-state index contributed by atoms with van der Waals surface area (Å²) in [4.78, 5) is 23.2. The molecule has 0 aromatic carbocycles. The predicted octanol–water partition coefficient (Wildman–Crippen LogP) is 16.0. The molecule has 0 aromatic rings. The van der Waals surface area contributed by atoms with Gasteiger partial charge in [-0.3, -0.25) is 9.59 Å². The fourth-order valence-electron chi connectivity index (χ4n) is 6.50. The molecule has 0 fully saturated rings. The van der Waals surface area contributed by atoms with Crippen molar-refractivity contribution in [3.05, 3.63) is 0 Å². The Morgan fingerprint density at radius 1 is 0.260 bits per heavy atom. The fraction of sp³-hybridized carbons (Fsp3) is 0.957. The van der Waals surface area contributed by atoms with Crippen LogP contribution in [0.3, 0.4) is 0 Å². The van der Waals surface area contributed by atoms with Gasteiger partial charge in [-0.1, -0.05) is 233 Å². The van der Waals surface area contributed by atoms with Gasteiger partial charge < -0.3 is 9.47 Å². The molecule has 50 heavy (non-hydrogen) atoms. The van der Waals surface area contributed by atoms with Crippen molar-refractivity contribution in [2.75, 3.05) is 13.2 Å². The number of carbonyl (C=O) groups excluding carboxylic acids is 2. The molecule has 0 N–H and O–H groups in total. The number of esters is 2. The maximum Gasteiger partial charge on any atom is 0.305 e. The first-order valence-electron chi connectivity index (χ1n) is 22.9. The predicted molar refractivity (Wildman–Crippen MR) is 220 cm³/mol. The number of hydrogen-bond donors (Lipinski definition) is 0. The molecular formula is C46H92O4. The lowest BCUT2D eigenvalue weighted by Crippen LogP contribution is -2.05. The summed E-state index contributed by atoms with van der Waals surface area (Å²) in [5.41, 5.74) is 0. The Hall–Kier alpha value is -1.06. The Bertz CT molecular complexity index is 634. The van der Waals surface area contributed by atoms with Gasteiger partial charge >= 0.3 is 11.9 Å². The molecule has 0 heterocycles. The third-order valence-electron chi connectivity index (χ3n) is 9.99. The SMILES string of the molecule is CCCCCCCCCCCCCC(=O)OCCCCC.CCCCCCCCCCCCCCCOC(=O)CCCCCCCCCCC. The van der Waals surface area contributed by atoms with Crippen molar-refractivity contribution in [3.8, 4) is 0 Å². The molecule has 0 saturated heterocycles. The summed E-state index contributed by atoms with van der Waals surface area (Å²) < 4.78 is 10.6. The monoisotopic (exact) mass is 709 g/mol. The van der Waals surface area contributed by atoms with Crippen molar-refractivity contribution in [2.24, 2.45) is 0 Å². The van der Waals surface area contributed by atoms with E-state index >= 15 is 0 Å². The summed E-state index contributed by atoms with van der Waals surface area (Å²) in [6, 6.07) is 0. The maximum absolute atomic E-state index is 11.7. The zero-order valence-electron chi connectivity index (χ0n) is 34.9. The van der Waals surface area contributed by atoms with Gasteiger partial charge in [0.05, 0.1) is 13.2 Å². The molecular weight excluding hydrogens is 617 g/mol. The number of carbonyl (C=O) groups is 2. The minimum Gasteiger partial charge on any atom is -0.466 e. The summed E-state index contributed by atoms with van der Waals surface area (Å²) >= 11 is 0. The Kier molecular flexibility index (Phi) is 48.9. The second-order valence-electron chi connectivity index (χ2n) is 15.3. The standard InChI is InChI=1S/C27H54O2.C19H38O2/c1-3-5-7-9-11-13-14-15-16-18-20-22-24-26-29-27(28)25-23-21-19-17-12-10-8-6-4-2;1-3-5-7-8-9-10-11-12-13-14-15-17-19(20)21-18-16-6-4-2/h3-26H2,1-2H3;3-18H2,1-2H3. The van der Waals surface area contributed by atoms with Gasteiger partial charge in [0.15, 0.2) is 0 Å². The lowest BCUT2D eigenvalue weighted by molar-refractivity contribution is -0.144. The van der Waals surface area contributed by atoms with Crippen LogP contribution in [0.2, 0.25) is 0 Å². The highest BCUT2D eigenvalue weighted by Crippen LogP contribution is 2.14. The molecule has 0 spiro atoms. The van der Waals surface area contributed by atoms with Crippen LogP contribution in [-0.4, -0.2) is 25.2 Å². The highest BCUT2D eigenvalue weighted by molar-refractivity contribution is 5.69. The topological polar surface area (TPSA) is 52.6 Å². The van der Waals surface area contributed by atoms with Crippen molar-refractivity contribution in [3.63, 3.8) is 0 Å². The summed E-state index contributed by atoms with van der Waals surface area (Å²) in [6.45, 7) is 10.2. The minimum atomic E-state index is 0.00188. The van der Waals surface area contributed by atoms with Crippen LogP contribution in [0.5, 0.6) is 0 Å². The lowest BCUT2D eigenvalue weighted by Gasteiger charge is -2.06. The van der Waals surface area contributed by atoms with Crippen molar-refractivity contribution >= 4 is 11.9 Å². The molecule has 0 aliphatic rings. The van der Waals surface area contributed by atoms with Gasteiger partial charge in [0.1, 0.15) is 0 Å². The first-order chi connectivity index (χ1) is 24.6. The molecule has 0 rings (SSSR count). The van der Waals surface area contributed by atoms with Crippen LogP contribution in [-0.2, 0) is 19.1 Å². The van der Waals surface area contributed by atoms with E-state index < -0.39 is 0 Å².